The summed E-state index contributed by atoms with van der Waals surface area (Å²) in [4.78, 5) is 12.5. The SMILES string of the molecule is CCOc1cc(NC(=O)C(CN)c2ccccc2)ccc1OC. The van der Waals surface area contributed by atoms with Gasteiger partial charge in [-0.15, -0.1) is 0 Å². The monoisotopic (exact) mass is 314 g/mol. The number of ether oxygens (including phenoxy) is 2. The van der Waals surface area contributed by atoms with Crippen LogP contribution in [0.4, 0.5) is 5.69 Å². The Morgan fingerprint density at radius 3 is 2.52 bits per heavy atom. The summed E-state index contributed by atoms with van der Waals surface area (Å²) in [6.07, 6.45) is 0. The molecule has 2 rings (SSSR count). The Hall–Kier alpha value is -2.53. The minimum atomic E-state index is -0.395. The average Bonchev–Trinajstić information content (AvgIpc) is 2.57. The minimum absolute atomic E-state index is 0.147. The fraction of sp³-hybridized carbons (Fsp3) is 0.278. The maximum Gasteiger partial charge on any atom is 0.233 e. The summed E-state index contributed by atoms with van der Waals surface area (Å²) in [5.41, 5.74) is 7.32. The van der Waals surface area contributed by atoms with Gasteiger partial charge in [0.15, 0.2) is 11.5 Å². The number of hydrogen-bond donors (Lipinski definition) is 2. The van der Waals surface area contributed by atoms with E-state index in [1.165, 1.54) is 0 Å². The first kappa shape index (κ1) is 16.8. The number of nitrogens with two attached hydrogens (primary N) is 1. The van der Waals surface area contributed by atoms with E-state index in [9.17, 15) is 4.79 Å². The molecule has 0 heterocycles. The Morgan fingerprint density at radius 1 is 1.17 bits per heavy atom. The maximum absolute atomic E-state index is 12.5. The smallest absolute Gasteiger partial charge is 0.233 e. The number of nitrogens with one attached hydrogen (secondary N) is 1. The highest BCUT2D eigenvalue weighted by Crippen LogP contribution is 2.30. The zero-order valence-electron chi connectivity index (χ0n) is 13.4. The van der Waals surface area contributed by atoms with E-state index in [-0.39, 0.29) is 12.5 Å². The van der Waals surface area contributed by atoms with E-state index in [0.29, 0.717) is 23.8 Å². The predicted octanol–water partition coefficient (Wildman–Crippen LogP) is 2.77. The van der Waals surface area contributed by atoms with Gasteiger partial charge in [0.05, 0.1) is 19.6 Å². The van der Waals surface area contributed by atoms with Crippen LogP contribution >= 0.6 is 0 Å². The molecule has 5 nitrogen and oxygen atoms in total. The molecule has 0 saturated heterocycles. The van der Waals surface area contributed by atoms with Gasteiger partial charge < -0.3 is 20.5 Å². The lowest BCUT2D eigenvalue weighted by atomic mass is 9.98. The minimum Gasteiger partial charge on any atom is -0.493 e. The van der Waals surface area contributed by atoms with Crippen molar-refractivity contribution < 1.29 is 14.3 Å². The van der Waals surface area contributed by atoms with Gasteiger partial charge in [-0.1, -0.05) is 30.3 Å². The van der Waals surface area contributed by atoms with E-state index in [1.807, 2.05) is 37.3 Å². The van der Waals surface area contributed by atoms with E-state index in [2.05, 4.69) is 5.32 Å². The van der Waals surface area contributed by atoms with E-state index in [0.717, 1.165) is 5.56 Å². The molecule has 1 amide bonds. The third-order valence-corrected chi connectivity index (χ3v) is 3.49. The fourth-order valence-electron chi connectivity index (χ4n) is 2.33. The highest BCUT2D eigenvalue weighted by atomic mass is 16.5. The molecule has 1 atom stereocenters. The van der Waals surface area contributed by atoms with Gasteiger partial charge in [0.25, 0.3) is 0 Å². The number of anilines is 1. The Balaban J connectivity index is 2.17. The number of carbonyl (C=O) groups excluding carboxylic acids is 1. The van der Waals surface area contributed by atoms with Crippen LogP contribution in [0.25, 0.3) is 0 Å². The third kappa shape index (κ3) is 4.23. The lowest BCUT2D eigenvalue weighted by Gasteiger charge is -2.16. The summed E-state index contributed by atoms with van der Waals surface area (Å²) in [6.45, 7) is 2.65. The summed E-state index contributed by atoms with van der Waals surface area (Å²) >= 11 is 0. The van der Waals surface area contributed by atoms with E-state index < -0.39 is 5.92 Å². The van der Waals surface area contributed by atoms with Gasteiger partial charge in [0.2, 0.25) is 5.91 Å². The molecule has 23 heavy (non-hydrogen) atoms. The zero-order chi connectivity index (χ0) is 16.7. The van der Waals surface area contributed by atoms with Crippen molar-refractivity contribution in [2.45, 2.75) is 12.8 Å². The fourth-order valence-corrected chi connectivity index (χ4v) is 2.33. The first-order chi connectivity index (χ1) is 11.2. The van der Waals surface area contributed by atoms with E-state index in [4.69, 9.17) is 15.2 Å². The van der Waals surface area contributed by atoms with Crippen LogP contribution in [0.15, 0.2) is 48.5 Å². The van der Waals surface area contributed by atoms with Crippen molar-refractivity contribution in [2.24, 2.45) is 5.73 Å². The molecular formula is C18H22N2O3. The second-order valence-electron chi connectivity index (χ2n) is 4.99. The molecule has 5 heteroatoms. The summed E-state index contributed by atoms with van der Waals surface area (Å²) in [6, 6.07) is 14.8. The van der Waals surface area contributed by atoms with Crippen LogP contribution in [0.3, 0.4) is 0 Å². The molecular weight excluding hydrogens is 292 g/mol. The maximum atomic E-state index is 12.5. The van der Waals surface area contributed by atoms with Crippen LogP contribution in [0.2, 0.25) is 0 Å². The van der Waals surface area contributed by atoms with Crippen LogP contribution in [0, 0.1) is 0 Å². The van der Waals surface area contributed by atoms with E-state index >= 15 is 0 Å². The molecule has 0 spiro atoms. The molecule has 0 saturated carbocycles. The summed E-state index contributed by atoms with van der Waals surface area (Å²) in [7, 11) is 1.58. The molecule has 1 unspecified atom stereocenters. The largest absolute Gasteiger partial charge is 0.493 e. The number of rotatable bonds is 7. The summed E-state index contributed by atoms with van der Waals surface area (Å²) < 4.78 is 10.8. The molecule has 0 aliphatic heterocycles. The summed E-state index contributed by atoms with van der Waals surface area (Å²) in [5, 5.41) is 2.89. The molecule has 2 aromatic carbocycles. The quantitative estimate of drug-likeness (QED) is 0.824. The second-order valence-corrected chi connectivity index (χ2v) is 4.99. The lowest BCUT2D eigenvalue weighted by Crippen LogP contribution is -2.27. The Kier molecular flexibility index (Phi) is 6.00. The summed E-state index contributed by atoms with van der Waals surface area (Å²) in [5.74, 6) is 0.681. The Bertz CT molecular complexity index is 644. The van der Waals surface area contributed by atoms with Gasteiger partial charge in [0, 0.05) is 18.3 Å². The van der Waals surface area contributed by atoms with Crippen molar-refractivity contribution in [2.75, 3.05) is 25.6 Å². The second kappa shape index (κ2) is 8.19. The normalized spacial score (nSPS) is 11.6. The van der Waals surface area contributed by atoms with Crippen molar-refractivity contribution in [3.05, 3.63) is 54.1 Å². The van der Waals surface area contributed by atoms with Crippen molar-refractivity contribution in [3.63, 3.8) is 0 Å². The lowest BCUT2D eigenvalue weighted by molar-refractivity contribution is -0.117. The molecule has 0 bridgehead atoms. The van der Waals surface area contributed by atoms with Crippen molar-refractivity contribution in [3.8, 4) is 11.5 Å². The van der Waals surface area contributed by atoms with Crippen LogP contribution < -0.4 is 20.5 Å². The molecule has 0 aliphatic rings. The Morgan fingerprint density at radius 2 is 1.91 bits per heavy atom. The van der Waals surface area contributed by atoms with Gasteiger partial charge in [-0.05, 0) is 24.6 Å². The molecule has 0 radical (unpaired) electrons. The van der Waals surface area contributed by atoms with Crippen molar-refractivity contribution in [1.82, 2.24) is 0 Å². The third-order valence-electron chi connectivity index (χ3n) is 3.49. The predicted molar refractivity (Wildman–Crippen MR) is 91.0 cm³/mol. The van der Waals surface area contributed by atoms with Crippen molar-refractivity contribution in [1.29, 1.82) is 0 Å². The number of carbonyl (C=O) groups is 1. The standard InChI is InChI=1S/C18H22N2O3/c1-3-23-17-11-14(9-10-16(17)22-2)20-18(21)15(12-19)13-7-5-4-6-8-13/h4-11,15H,3,12,19H2,1-2H3,(H,20,21). The molecule has 0 fully saturated rings. The highest BCUT2D eigenvalue weighted by molar-refractivity contribution is 5.96. The zero-order valence-corrected chi connectivity index (χ0v) is 13.4. The van der Waals surface area contributed by atoms with Gasteiger partial charge in [-0.25, -0.2) is 0 Å². The first-order valence-electron chi connectivity index (χ1n) is 7.56. The van der Waals surface area contributed by atoms with Crippen molar-refractivity contribution >= 4 is 11.6 Å². The van der Waals surface area contributed by atoms with Crippen LogP contribution in [-0.4, -0.2) is 26.2 Å². The highest BCUT2D eigenvalue weighted by Gasteiger charge is 2.19. The topological polar surface area (TPSA) is 73.6 Å². The van der Waals surface area contributed by atoms with Crippen LogP contribution in [-0.2, 0) is 4.79 Å². The molecule has 0 aromatic heterocycles. The molecule has 2 aromatic rings. The number of hydrogen-bond acceptors (Lipinski definition) is 4. The number of amides is 1. The molecule has 0 aliphatic carbocycles. The molecule has 3 N–H and O–H groups in total. The van der Waals surface area contributed by atoms with Crippen LogP contribution in [0.1, 0.15) is 18.4 Å². The van der Waals surface area contributed by atoms with Gasteiger partial charge in [-0.3, -0.25) is 4.79 Å². The van der Waals surface area contributed by atoms with Crippen LogP contribution in [0.5, 0.6) is 11.5 Å². The Labute approximate surface area is 136 Å². The van der Waals surface area contributed by atoms with Gasteiger partial charge >= 0.3 is 0 Å². The van der Waals surface area contributed by atoms with Gasteiger partial charge in [0.1, 0.15) is 0 Å². The van der Waals surface area contributed by atoms with Gasteiger partial charge in [-0.2, -0.15) is 0 Å². The number of benzene rings is 2. The van der Waals surface area contributed by atoms with E-state index in [1.54, 1.807) is 25.3 Å². The first-order valence-corrected chi connectivity index (χ1v) is 7.56. The molecule has 122 valence electrons. The number of methoxy groups -OCH3 is 1. The average molecular weight is 314 g/mol.